The second-order valence-electron chi connectivity index (χ2n) is 5.55. The van der Waals surface area contributed by atoms with E-state index in [9.17, 15) is 4.79 Å². The third-order valence-corrected chi connectivity index (χ3v) is 3.90. The van der Waals surface area contributed by atoms with E-state index in [1.54, 1.807) is 13.8 Å². The summed E-state index contributed by atoms with van der Waals surface area (Å²) in [6.07, 6.45) is 0. The van der Waals surface area contributed by atoms with Crippen LogP contribution in [0.25, 0.3) is 22.6 Å². The number of hydrogen-bond acceptors (Lipinski definition) is 5. The van der Waals surface area contributed by atoms with Gasteiger partial charge in [0.2, 0.25) is 0 Å². The van der Waals surface area contributed by atoms with Crippen LogP contribution >= 0.6 is 0 Å². The number of aromatic nitrogens is 1. The van der Waals surface area contributed by atoms with Crippen LogP contribution in [0.15, 0.2) is 27.4 Å². The summed E-state index contributed by atoms with van der Waals surface area (Å²) in [6, 6.07) is 5.80. The maximum atomic E-state index is 12.3. The highest BCUT2D eigenvalue weighted by Crippen LogP contribution is 2.36. The fraction of sp³-hybridized carbons (Fsp3) is 0.294. The molecule has 3 rings (SSSR count). The zero-order valence-electron chi connectivity index (χ0n) is 13.4. The van der Waals surface area contributed by atoms with E-state index in [1.165, 1.54) is 7.11 Å². The first kappa shape index (κ1) is 14.4. The van der Waals surface area contributed by atoms with E-state index in [0.29, 0.717) is 33.9 Å². The Morgan fingerprint density at radius 3 is 2.55 bits per heavy atom. The molecule has 0 aromatic heterocycles. The Balaban J connectivity index is 2.44. The summed E-state index contributed by atoms with van der Waals surface area (Å²) < 4.78 is 11.4. The van der Waals surface area contributed by atoms with Crippen LogP contribution in [0.4, 0.5) is 5.69 Å². The molecule has 2 aliphatic rings. The molecule has 0 amide bonds. The molecule has 1 heterocycles. The van der Waals surface area contributed by atoms with Crippen LogP contribution in [-0.2, 0) is 0 Å². The second-order valence-corrected chi connectivity index (χ2v) is 5.55. The number of rotatable bonds is 2. The first-order valence-electron chi connectivity index (χ1n) is 7.03. The van der Waals surface area contributed by atoms with Gasteiger partial charge in [0.25, 0.3) is 0 Å². The summed E-state index contributed by atoms with van der Waals surface area (Å²) in [6.45, 7) is 3.50. The summed E-state index contributed by atoms with van der Waals surface area (Å²) in [5.41, 5.74) is 4.01. The average Bonchev–Trinajstić information content (AvgIpc) is 2.51. The molecule has 22 heavy (non-hydrogen) atoms. The minimum absolute atomic E-state index is 0.0713. The van der Waals surface area contributed by atoms with Crippen molar-refractivity contribution in [3.8, 4) is 17.2 Å². The van der Waals surface area contributed by atoms with E-state index >= 15 is 0 Å². The lowest BCUT2D eigenvalue weighted by Gasteiger charge is -2.16. The van der Waals surface area contributed by atoms with Gasteiger partial charge in [0.15, 0.2) is 22.5 Å². The van der Waals surface area contributed by atoms with Crippen molar-refractivity contribution in [1.29, 1.82) is 0 Å². The van der Waals surface area contributed by atoms with Crippen molar-refractivity contribution in [2.75, 3.05) is 26.1 Å². The number of anilines is 1. The van der Waals surface area contributed by atoms with E-state index in [0.717, 1.165) is 11.2 Å². The Morgan fingerprint density at radius 2 is 1.91 bits per heavy atom. The molecular formula is C17H18N2O3. The lowest BCUT2D eigenvalue weighted by atomic mass is 10.0. The van der Waals surface area contributed by atoms with Crippen molar-refractivity contribution in [1.82, 2.24) is 4.98 Å². The summed E-state index contributed by atoms with van der Waals surface area (Å²) in [5, 5.41) is 0. The average molecular weight is 298 g/mol. The first-order chi connectivity index (χ1) is 10.4. The number of methoxy groups -OCH3 is 1. The lowest BCUT2D eigenvalue weighted by Crippen LogP contribution is -2.14. The molecule has 0 fully saturated rings. The number of hydrogen-bond donors (Lipinski definition) is 0. The van der Waals surface area contributed by atoms with E-state index in [4.69, 9.17) is 9.15 Å². The van der Waals surface area contributed by atoms with Gasteiger partial charge in [0.05, 0.1) is 7.11 Å². The van der Waals surface area contributed by atoms with Crippen LogP contribution in [0, 0.1) is 13.8 Å². The standard InChI is InChI=1S/C17H18N2O3/c1-9-15(20)10(2)17-14(16(9)21-5)18-12-7-6-11(19(3)4)8-13(12)22-17/h6-8H,1-5H3. The highest BCUT2D eigenvalue weighted by Gasteiger charge is 2.23. The topological polar surface area (TPSA) is 55.6 Å². The Morgan fingerprint density at radius 1 is 1.18 bits per heavy atom. The SMILES string of the molecule is COc1c2nc3ccc(N(C)C)cc3oc-2c(C)c(=O)c1C. The minimum Gasteiger partial charge on any atom is -0.494 e. The van der Waals surface area contributed by atoms with Gasteiger partial charge in [-0.15, -0.1) is 0 Å². The molecule has 5 heteroatoms. The highest BCUT2D eigenvalue weighted by atomic mass is 16.5. The molecule has 0 unspecified atom stereocenters. The van der Waals surface area contributed by atoms with Gasteiger partial charge in [-0.1, -0.05) is 0 Å². The van der Waals surface area contributed by atoms with Gasteiger partial charge < -0.3 is 14.1 Å². The van der Waals surface area contributed by atoms with Gasteiger partial charge in [-0.2, -0.15) is 0 Å². The number of benzene rings is 2. The Hall–Kier alpha value is -2.56. The van der Waals surface area contributed by atoms with Crippen molar-refractivity contribution in [3.05, 3.63) is 39.5 Å². The van der Waals surface area contributed by atoms with Crippen LogP contribution in [0.2, 0.25) is 0 Å². The molecule has 0 saturated heterocycles. The smallest absolute Gasteiger partial charge is 0.192 e. The fourth-order valence-electron chi connectivity index (χ4n) is 2.61. The second kappa shape index (κ2) is 5.02. The fourth-order valence-corrected chi connectivity index (χ4v) is 2.61. The largest absolute Gasteiger partial charge is 0.494 e. The zero-order chi connectivity index (χ0) is 16.0. The van der Waals surface area contributed by atoms with Crippen molar-refractivity contribution in [3.63, 3.8) is 0 Å². The van der Waals surface area contributed by atoms with Gasteiger partial charge in [-0.3, -0.25) is 4.79 Å². The van der Waals surface area contributed by atoms with E-state index < -0.39 is 0 Å². The van der Waals surface area contributed by atoms with Crippen molar-refractivity contribution < 1.29 is 9.15 Å². The molecule has 1 aliphatic carbocycles. The van der Waals surface area contributed by atoms with Crippen LogP contribution in [0.3, 0.4) is 0 Å². The van der Waals surface area contributed by atoms with Gasteiger partial charge in [-0.05, 0) is 26.0 Å². The van der Waals surface area contributed by atoms with Gasteiger partial charge >= 0.3 is 0 Å². The summed E-state index contributed by atoms with van der Waals surface area (Å²) >= 11 is 0. The molecular weight excluding hydrogens is 280 g/mol. The van der Waals surface area contributed by atoms with Gasteiger partial charge in [0, 0.05) is 37.0 Å². The van der Waals surface area contributed by atoms with E-state index in [-0.39, 0.29) is 5.43 Å². The van der Waals surface area contributed by atoms with E-state index in [1.807, 2.05) is 37.2 Å². The van der Waals surface area contributed by atoms with Crippen molar-refractivity contribution >= 4 is 16.8 Å². The minimum atomic E-state index is -0.0713. The Kier molecular flexibility index (Phi) is 3.28. The predicted molar refractivity (Wildman–Crippen MR) is 87.3 cm³/mol. The monoisotopic (exact) mass is 298 g/mol. The molecule has 114 valence electrons. The van der Waals surface area contributed by atoms with Gasteiger partial charge in [-0.25, -0.2) is 4.98 Å². The van der Waals surface area contributed by atoms with Crippen molar-refractivity contribution in [2.45, 2.75) is 13.8 Å². The molecule has 5 nitrogen and oxygen atoms in total. The number of ether oxygens (including phenoxy) is 1. The third-order valence-electron chi connectivity index (χ3n) is 3.90. The molecule has 0 N–H and O–H groups in total. The highest BCUT2D eigenvalue weighted by molar-refractivity contribution is 5.82. The third kappa shape index (κ3) is 2.01. The van der Waals surface area contributed by atoms with E-state index in [2.05, 4.69) is 4.98 Å². The normalized spacial score (nSPS) is 11.1. The van der Waals surface area contributed by atoms with Crippen LogP contribution in [0.5, 0.6) is 5.75 Å². The lowest BCUT2D eigenvalue weighted by molar-refractivity contribution is 0.408. The molecule has 0 atom stereocenters. The van der Waals surface area contributed by atoms with Crippen LogP contribution in [-0.4, -0.2) is 26.2 Å². The Labute approximate surface area is 128 Å². The maximum Gasteiger partial charge on any atom is 0.192 e. The van der Waals surface area contributed by atoms with Gasteiger partial charge in [0.1, 0.15) is 11.2 Å². The summed E-state index contributed by atoms with van der Waals surface area (Å²) in [4.78, 5) is 18.9. The number of nitrogens with zero attached hydrogens (tertiary/aromatic N) is 2. The van der Waals surface area contributed by atoms with Crippen LogP contribution in [0.1, 0.15) is 11.1 Å². The zero-order valence-corrected chi connectivity index (χ0v) is 13.4. The first-order valence-corrected chi connectivity index (χ1v) is 7.03. The molecule has 1 aliphatic heterocycles. The number of fused-ring (bicyclic) bond motifs is 2. The molecule has 0 bridgehead atoms. The van der Waals surface area contributed by atoms with Crippen LogP contribution < -0.4 is 15.1 Å². The summed E-state index contributed by atoms with van der Waals surface area (Å²) in [7, 11) is 5.46. The maximum absolute atomic E-state index is 12.3. The Bertz CT molecular complexity index is 897. The summed E-state index contributed by atoms with van der Waals surface area (Å²) in [5.74, 6) is 0.962. The predicted octanol–water partition coefficient (Wildman–Crippen LogP) is 2.98. The molecule has 0 spiro atoms. The molecule has 1 aromatic carbocycles. The molecule has 1 aromatic rings. The molecule has 0 saturated carbocycles. The molecule has 0 radical (unpaired) electrons. The quantitative estimate of drug-likeness (QED) is 0.681. The van der Waals surface area contributed by atoms with Crippen molar-refractivity contribution in [2.24, 2.45) is 0 Å².